The Kier molecular flexibility index (Phi) is 4.50. The second-order valence-electron chi connectivity index (χ2n) is 2.37. The summed E-state index contributed by atoms with van der Waals surface area (Å²) in [7, 11) is 0. The van der Waals surface area contributed by atoms with Crippen molar-refractivity contribution in [3.05, 3.63) is 12.2 Å². The Morgan fingerprint density at radius 3 is 2.55 bits per heavy atom. The van der Waals surface area contributed by atoms with Crippen LogP contribution >= 0.6 is 0 Å². The van der Waals surface area contributed by atoms with Crippen LogP contribution in [0.2, 0.25) is 0 Å². The first-order chi connectivity index (χ1) is 5.11. The molecule has 2 nitrogen and oxygen atoms in total. The lowest BCUT2D eigenvalue weighted by atomic mass is 10.3. The van der Waals surface area contributed by atoms with Gasteiger partial charge in [0.15, 0.2) is 0 Å². The summed E-state index contributed by atoms with van der Waals surface area (Å²) in [6.45, 7) is 6.05. The molecule has 0 aromatic rings. The SMILES string of the molecule is C=C(C)C(=O)OC(CC)CF. The molecule has 0 aromatic heterocycles. The Hall–Kier alpha value is -0.860. The molecule has 0 saturated heterocycles. The Morgan fingerprint density at radius 2 is 2.27 bits per heavy atom. The number of ether oxygens (including phenoxy) is 1. The lowest BCUT2D eigenvalue weighted by Gasteiger charge is -2.11. The van der Waals surface area contributed by atoms with Gasteiger partial charge in [0.25, 0.3) is 0 Å². The number of alkyl halides is 1. The highest BCUT2D eigenvalue weighted by Crippen LogP contribution is 2.02. The minimum atomic E-state index is -0.629. The van der Waals surface area contributed by atoms with Crippen LogP contribution in [-0.4, -0.2) is 18.7 Å². The van der Waals surface area contributed by atoms with Gasteiger partial charge in [-0.05, 0) is 13.3 Å². The molecule has 0 aliphatic carbocycles. The Morgan fingerprint density at radius 1 is 1.73 bits per heavy atom. The van der Waals surface area contributed by atoms with Crippen molar-refractivity contribution in [3.8, 4) is 0 Å². The molecule has 64 valence electrons. The first-order valence-corrected chi connectivity index (χ1v) is 3.54. The van der Waals surface area contributed by atoms with E-state index in [0.29, 0.717) is 12.0 Å². The maximum absolute atomic E-state index is 12.0. The zero-order chi connectivity index (χ0) is 8.85. The van der Waals surface area contributed by atoms with Gasteiger partial charge in [-0.2, -0.15) is 0 Å². The summed E-state index contributed by atoms with van der Waals surface area (Å²) in [5, 5.41) is 0. The summed E-state index contributed by atoms with van der Waals surface area (Å²) in [5.74, 6) is -0.519. The minimum absolute atomic E-state index is 0.303. The monoisotopic (exact) mass is 160 g/mol. The van der Waals surface area contributed by atoms with Crippen LogP contribution in [-0.2, 0) is 9.53 Å². The van der Waals surface area contributed by atoms with Gasteiger partial charge in [0.1, 0.15) is 12.8 Å². The summed E-state index contributed by atoms with van der Waals surface area (Å²) < 4.78 is 16.7. The highest BCUT2D eigenvalue weighted by molar-refractivity contribution is 5.87. The number of carbonyl (C=O) groups is 1. The standard InChI is InChI=1S/C8H13FO2/c1-4-7(5-9)11-8(10)6(2)3/h7H,2,4-5H2,1,3H3. The maximum atomic E-state index is 12.0. The molecule has 0 aliphatic rings. The van der Waals surface area contributed by atoms with E-state index in [-0.39, 0.29) is 0 Å². The molecule has 0 N–H and O–H groups in total. The molecule has 0 rings (SSSR count). The summed E-state index contributed by atoms with van der Waals surface area (Å²) in [5.41, 5.74) is 0.303. The van der Waals surface area contributed by atoms with E-state index in [1.165, 1.54) is 6.92 Å². The largest absolute Gasteiger partial charge is 0.456 e. The van der Waals surface area contributed by atoms with Crippen molar-refractivity contribution in [1.82, 2.24) is 0 Å². The van der Waals surface area contributed by atoms with Crippen molar-refractivity contribution in [2.24, 2.45) is 0 Å². The number of halogens is 1. The molecule has 0 heterocycles. The van der Waals surface area contributed by atoms with Crippen molar-refractivity contribution < 1.29 is 13.9 Å². The fourth-order valence-electron chi connectivity index (χ4n) is 0.476. The van der Waals surface area contributed by atoms with Crippen LogP contribution in [0.25, 0.3) is 0 Å². The minimum Gasteiger partial charge on any atom is -0.456 e. The Labute approximate surface area is 66.0 Å². The molecule has 0 saturated carbocycles. The van der Waals surface area contributed by atoms with E-state index in [1.807, 2.05) is 0 Å². The molecule has 1 atom stereocenters. The van der Waals surface area contributed by atoms with Crippen molar-refractivity contribution in [1.29, 1.82) is 0 Å². The van der Waals surface area contributed by atoms with E-state index >= 15 is 0 Å². The van der Waals surface area contributed by atoms with E-state index in [9.17, 15) is 9.18 Å². The number of rotatable bonds is 4. The zero-order valence-corrected chi connectivity index (χ0v) is 6.89. The topological polar surface area (TPSA) is 26.3 Å². The van der Waals surface area contributed by atoms with Crippen LogP contribution in [0.5, 0.6) is 0 Å². The van der Waals surface area contributed by atoms with Crippen molar-refractivity contribution in [2.45, 2.75) is 26.4 Å². The van der Waals surface area contributed by atoms with E-state index in [4.69, 9.17) is 4.74 Å². The maximum Gasteiger partial charge on any atom is 0.333 e. The van der Waals surface area contributed by atoms with Crippen LogP contribution in [0.4, 0.5) is 4.39 Å². The van der Waals surface area contributed by atoms with Gasteiger partial charge in [0.2, 0.25) is 0 Å². The van der Waals surface area contributed by atoms with E-state index in [1.54, 1.807) is 6.92 Å². The summed E-state index contributed by atoms with van der Waals surface area (Å²) >= 11 is 0. The smallest absolute Gasteiger partial charge is 0.333 e. The van der Waals surface area contributed by atoms with Gasteiger partial charge >= 0.3 is 5.97 Å². The molecule has 11 heavy (non-hydrogen) atoms. The third-order valence-corrected chi connectivity index (χ3v) is 1.25. The summed E-state index contributed by atoms with van der Waals surface area (Å²) in [4.78, 5) is 10.8. The summed E-state index contributed by atoms with van der Waals surface area (Å²) in [6.07, 6.45) is -0.116. The first kappa shape index (κ1) is 10.1. The normalized spacial score (nSPS) is 12.3. The molecule has 1 unspecified atom stereocenters. The molecule has 0 amide bonds. The average Bonchev–Trinajstić information content (AvgIpc) is 1.99. The molecule has 0 radical (unpaired) electrons. The van der Waals surface area contributed by atoms with Gasteiger partial charge < -0.3 is 4.74 Å². The van der Waals surface area contributed by atoms with Crippen LogP contribution in [0, 0.1) is 0 Å². The van der Waals surface area contributed by atoms with Gasteiger partial charge in [-0.25, -0.2) is 9.18 Å². The molecule has 0 fully saturated rings. The highest BCUT2D eigenvalue weighted by Gasteiger charge is 2.11. The van der Waals surface area contributed by atoms with Crippen molar-refractivity contribution in [2.75, 3.05) is 6.67 Å². The molecule has 0 aliphatic heterocycles. The van der Waals surface area contributed by atoms with Gasteiger partial charge in [-0.1, -0.05) is 13.5 Å². The molecule has 0 bridgehead atoms. The van der Waals surface area contributed by atoms with Crippen LogP contribution in [0.15, 0.2) is 12.2 Å². The molecular weight excluding hydrogens is 147 g/mol. The fourth-order valence-corrected chi connectivity index (χ4v) is 0.476. The number of esters is 1. The number of hydrogen-bond acceptors (Lipinski definition) is 2. The van der Waals surface area contributed by atoms with Crippen molar-refractivity contribution in [3.63, 3.8) is 0 Å². The zero-order valence-electron chi connectivity index (χ0n) is 6.89. The predicted molar refractivity (Wildman–Crippen MR) is 41.0 cm³/mol. The third kappa shape index (κ3) is 3.75. The molecule has 0 aromatic carbocycles. The van der Waals surface area contributed by atoms with Gasteiger partial charge in [0, 0.05) is 5.57 Å². The number of hydrogen-bond donors (Lipinski definition) is 0. The van der Waals surface area contributed by atoms with Crippen LogP contribution in [0.1, 0.15) is 20.3 Å². The van der Waals surface area contributed by atoms with Gasteiger partial charge in [0.05, 0.1) is 0 Å². The second kappa shape index (κ2) is 4.88. The Bertz CT molecular complexity index is 150. The quantitative estimate of drug-likeness (QED) is 0.463. The van der Waals surface area contributed by atoms with Gasteiger partial charge in [-0.15, -0.1) is 0 Å². The third-order valence-electron chi connectivity index (χ3n) is 1.25. The lowest BCUT2D eigenvalue weighted by Crippen LogP contribution is -2.19. The summed E-state index contributed by atoms with van der Waals surface area (Å²) in [6, 6.07) is 0. The molecular formula is C8H13FO2. The van der Waals surface area contributed by atoms with Crippen LogP contribution < -0.4 is 0 Å². The second-order valence-corrected chi connectivity index (χ2v) is 2.37. The fraction of sp³-hybridized carbons (Fsp3) is 0.625. The predicted octanol–water partition coefficient (Wildman–Crippen LogP) is 1.85. The molecule has 3 heteroatoms. The van der Waals surface area contributed by atoms with E-state index in [2.05, 4.69) is 6.58 Å². The van der Waals surface area contributed by atoms with E-state index in [0.717, 1.165) is 0 Å². The van der Waals surface area contributed by atoms with Gasteiger partial charge in [-0.3, -0.25) is 0 Å². The van der Waals surface area contributed by atoms with Crippen molar-refractivity contribution >= 4 is 5.97 Å². The molecule has 0 spiro atoms. The Balaban J connectivity index is 3.81. The van der Waals surface area contributed by atoms with E-state index < -0.39 is 18.7 Å². The number of carbonyl (C=O) groups excluding carboxylic acids is 1. The average molecular weight is 160 g/mol. The first-order valence-electron chi connectivity index (χ1n) is 3.54. The highest BCUT2D eigenvalue weighted by atomic mass is 19.1. The lowest BCUT2D eigenvalue weighted by molar-refractivity contribution is -0.145. The van der Waals surface area contributed by atoms with Crippen LogP contribution in [0.3, 0.4) is 0 Å².